The van der Waals surface area contributed by atoms with Crippen LogP contribution in [-0.4, -0.2) is 7.11 Å². The van der Waals surface area contributed by atoms with E-state index in [1.54, 1.807) is 7.11 Å². The van der Waals surface area contributed by atoms with Crippen molar-refractivity contribution in [2.75, 3.05) is 18.6 Å². The Morgan fingerprint density at radius 2 is 1.61 bits per heavy atom. The molecular weight excluding hydrogens is 224 g/mol. The number of nitrogen functional groups attached to an aromatic ring is 2. The van der Waals surface area contributed by atoms with Crippen LogP contribution < -0.4 is 16.2 Å². The summed E-state index contributed by atoms with van der Waals surface area (Å²) in [5, 5.41) is 0. The molecule has 2 aromatic rings. The van der Waals surface area contributed by atoms with Crippen molar-refractivity contribution in [2.24, 2.45) is 0 Å². The molecular formula is C15H18N2O. The van der Waals surface area contributed by atoms with E-state index in [1.807, 2.05) is 38.1 Å². The monoisotopic (exact) mass is 242 g/mol. The van der Waals surface area contributed by atoms with E-state index in [0.717, 1.165) is 33.7 Å². The Balaban J connectivity index is 2.65. The molecule has 0 aromatic heterocycles. The summed E-state index contributed by atoms with van der Waals surface area (Å²) in [4.78, 5) is 0. The highest BCUT2D eigenvalue weighted by Gasteiger charge is 2.10. The number of aryl methyl sites for hydroxylation is 2. The molecule has 0 aliphatic rings. The molecule has 0 atom stereocenters. The maximum atomic E-state index is 5.91. The SMILES string of the molecule is COc1cc(N)ccc1-c1cc(C)c(N)cc1C. The van der Waals surface area contributed by atoms with Crippen LogP contribution in [0, 0.1) is 13.8 Å². The number of hydrogen-bond donors (Lipinski definition) is 2. The molecule has 0 fully saturated rings. The molecule has 0 saturated carbocycles. The third-order valence-electron chi connectivity index (χ3n) is 3.13. The van der Waals surface area contributed by atoms with E-state index in [2.05, 4.69) is 6.07 Å². The van der Waals surface area contributed by atoms with E-state index in [-0.39, 0.29) is 0 Å². The highest BCUT2D eigenvalue weighted by Crippen LogP contribution is 2.35. The first-order valence-electron chi connectivity index (χ1n) is 5.83. The summed E-state index contributed by atoms with van der Waals surface area (Å²) in [5.41, 5.74) is 17.5. The molecule has 0 spiro atoms. The van der Waals surface area contributed by atoms with Crippen LogP contribution in [0.5, 0.6) is 5.75 Å². The predicted octanol–water partition coefficient (Wildman–Crippen LogP) is 3.14. The van der Waals surface area contributed by atoms with Gasteiger partial charge in [0.25, 0.3) is 0 Å². The van der Waals surface area contributed by atoms with E-state index in [0.29, 0.717) is 5.69 Å². The summed E-state index contributed by atoms with van der Waals surface area (Å²) in [6.45, 7) is 4.04. The molecule has 0 saturated heterocycles. The van der Waals surface area contributed by atoms with Crippen molar-refractivity contribution < 1.29 is 4.74 Å². The molecule has 0 amide bonds. The van der Waals surface area contributed by atoms with Gasteiger partial charge in [-0.2, -0.15) is 0 Å². The fourth-order valence-corrected chi connectivity index (χ4v) is 2.06. The number of rotatable bonds is 2. The molecule has 0 heterocycles. The molecule has 0 radical (unpaired) electrons. The quantitative estimate of drug-likeness (QED) is 0.795. The number of nitrogens with two attached hydrogens (primary N) is 2. The van der Waals surface area contributed by atoms with Crippen LogP contribution in [0.4, 0.5) is 11.4 Å². The third kappa shape index (κ3) is 2.12. The lowest BCUT2D eigenvalue weighted by Crippen LogP contribution is -1.96. The second kappa shape index (κ2) is 4.61. The predicted molar refractivity (Wildman–Crippen MR) is 76.7 cm³/mol. The Hall–Kier alpha value is -2.16. The molecule has 0 bridgehead atoms. The summed E-state index contributed by atoms with van der Waals surface area (Å²) in [5.74, 6) is 0.780. The van der Waals surface area contributed by atoms with Crippen molar-refractivity contribution in [1.29, 1.82) is 0 Å². The van der Waals surface area contributed by atoms with Gasteiger partial charge in [0.15, 0.2) is 0 Å². The first-order valence-corrected chi connectivity index (χ1v) is 5.83. The van der Waals surface area contributed by atoms with Gasteiger partial charge in [-0.05, 0) is 54.8 Å². The van der Waals surface area contributed by atoms with E-state index in [4.69, 9.17) is 16.2 Å². The Morgan fingerprint density at radius 1 is 0.889 bits per heavy atom. The molecule has 0 unspecified atom stereocenters. The number of hydrogen-bond acceptors (Lipinski definition) is 3. The molecule has 94 valence electrons. The smallest absolute Gasteiger partial charge is 0.128 e. The first kappa shape index (κ1) is 12.3. The van der Waals surface area contributed by atoms with Crippen molar-refractivity contribution in [3.63, 3.8) is 0 Å². The van der Waals surface area contributed by atoms with Crippen LogP contribution in [-0.2, 0) is 0 Å². The van der Waals surface area contributed by atoms with Gasteiger partial charge in [-0.25, -0.2) is 0 Å². The number of benzene rings is 2. The maximum absolute atomic E-state index is 5.91. The number of anilines is 2. The van der Waals surface area contributed by atoms with Crippen LogP contribution >= 0.6 is 0 Å². The van der Waals surface area contributed by atoms with Gasteiger partial charge in [0, 0.05) is 23.0 Å². The zero-order valence-corrected chi connectivity index (χ0v) is 10.9. The average Bonchev–Trinajstić information content (AvgIpc) is 2.34. The minimum absolute atomic E-state index is 0.695. The summed E-state index contributed by atoms with van der Waals surface area (Å²) in [7, 11) is 1.65. The topological polar surface area (TPSA) is 61.3 Å². The zero-order valence-electron chi connectivity index (χ0n) is 10.9. The highest BCUT2D eigenvalue weighted by molar-refractivity contribution is 5.77. The normalized spacial score (nSPS) is 10.4. The second-order valence-electron chi connectivity index (χ2n) is 4.48. The van der Waals surface area contributed by atoms with Crippen molar-refractivity contribution >= 4 is 11.4 Å². The summed E-state index contributed by atoms with van der Waals surface area (Å²) >= 11 is 0. The third-order valence-corrected chi connectivity index (χ3v) is 3.13. The van der Waals surface area contributed by atoms with Crippen molar-refractivity contribution in [2.45, 2.75) is 13.8 Å². The molecule has 3 heteroatoms. The van der Waals surface area contributed by atoms with E-state index < -0.39 is 0 Å². The Bertz CT molecular complexity index is 591. The van der Waals surface area contributed by atoms with Gasteiger partial charge in [0.2, 0.25) is 0 Å². The van der Waals surface area contributed by atoms with Crippen LogP contribution in [0.15, 0.2) is 30.3 Å². The highest BCUT2D eigenvalue weighted by atomic mass is 16.5. The van der Waals surface area contributed by atoms with Crippen LogP contribution in [0.25, 0.3) is 11.1 Å². The van der Waals surface area contributed by atoms with Gasteiger partial charge < -0.3 is 16.2 Å². The summed E-state index contributed by atoms with van der Waals surface area (Å²) in [6, 6.07) is 9.76. The van der Waals surface area contributed by atoms with E-state index in [9.17, 15) is 0 Å². The molecule has 4 N–H and O–H groups in total. The molecule has 0 aliphatic heterocycles. The minimum atomic E-state index is 0.695. The lowest BCUT2D eigenvalue weighted by Gasteiger charge is -2.13. The van der Waals surface area contributed by atoms with E-state index in [1.165, 1.54) is 0 Å². The van der Waals surface area contributed by atoms with Gasteiger partial charge in [-0.3, -0.25) is 0 Å². The van der Waals surface area contributed by atoms with Crippen LogP contribution in [0.2, 0.25) is 0 Å². The molecule has 0 aliphatic carbocycles. The maximum Gasteiger partial charge on any atom is 0.128 e. The largest absolute Gasteiger partial charge is 0.496 e. The Labute approximate surface area is 107 Å². The fourth-order valence-electron chi connectivity index (χ4n) is 2.06. The summed E-state index contributed by atoms with van der Waals surface area (Å²) in [6.07, 6.45) is 0. The number of methoxy groups -OCH3 is 1. The first-order chi connectivity index (χ1) is 8.52. The van der Waals surface area contributed by atoms with E-state index >= 15 is 0 Å². The standard InChI is InChI=1S/C15H18N2O/c1-9-7-14(17)10(2)6-13(9)12-5-4-11(16)8-15(12)18-3/h4-8H,16-17H2,1-3H3. The van der Waals surface area contributed by atoms with Gasteiger partial charge in [-0.15, -0.1) is 0 Å². The lowest BCUT2D eigenvalue weighted by atomic mass is 9.96. The Kier molecular flexibility index (Phi) is 3.15. The Morgan fingerprint density at radius 3 is 2.28 bits per heavy atom. The van der Waals surface area contributed by atoms with Crippen LogP contribution in [0.3, 0.4) is 0 Å². The average molecular weight is 242 g/mol. The van der Waals surface area contributed by atoms with Gasteiger partial charge in [0.1, 0.15) is 5.75 Å². The zero-order chi connectivity index (χ0) is 13.3. The van der Waals surface area contributed by atoms with Crippen molar-refractivity contribution in [3.8, 4) is 16.9 Å². The molecule has 3 nitrogen and oxygen atoms in total. The molecule has 2 rings (SSSR count). The fraction of sp³-hybridized carbons (Fsp3) is 0.200. The van der Waals surface area contributed by atoms with Crippen molar-refractivity contribution in [3.05, 3.63) is 41.5 Å². The van der Waals surface area contributed by atoms with Gasteiger partial charge in [0.05, 0.1) is 7.11 Å². The second-order valence-corrected chi connectivity index (χ2v) is 4.48. The van der Waals surface area contributed by atoms with Gasteiger partial charge >= 0.3 is 0 Å². The molecule has 2 aromatic carbocycles. The lowest BCUT2D eigenvalue weighted by molar-refractivity contribution is 0.416. The molecule has 18 heavy (non-hydrogen) atoms. The minimum Gasteiger partial charge on any atom is -0.496 e. The van der Waals surface area contributed by atoms with Gasteiger partial charge in [-0.1, -0.05) is 0 Å². The number of ether oxygens (including phenoxy) is 1. The van der Waals surface area contributed by atoms with Crippen LogP contribution in [0.1, 0.15) is 11.1 Å². The summed E-state index contributed by atoms with van der Waals surface area (Å²) < 4.78 is 5.39. The van der Waals surface area contributed by atoms with Crippen molar-refractivity contribution in [1.82, 2.24) is 0 Å².